The molecule has 0 aliphatic heterocycles. The minimum absolute atomic E-state index is 0.00452. The van der Waals surface area contributed by atoms with E-state index in [1.807, 2.05) is 0 Å². The average molecular weight is 945 g/mol. The number of nitrogens with zero attached hydrogens (tertiary/aromatic N) is 2. The van der Waals surface area contributed by atoms with Crippen molar-refractivity contribution in [2.45, 2.75) is 119 Å². The maximum absolute atomic E-state index is 6.80. The van der Waals surface area contributed by atoms with Crippen LogP contribution in [-0.2, 0) is 21.7 Å². The van der Waals surface area contributed by atoms with Crippen molar-refractivity contribution in [3.63, 3.8) is 0 Å². The van der Waals surface area contributed by atoms with E-state index in [1.165, 1.54) is 44.8 Å². The van der Waals surface area contributed by atoms with Gasteiger partial charge in [-0.2, -0.15) is 0 Å². The van der Waals surface area contributed by atoms with Crippen LogP contribution < -0.4 is 9.80 Å². The fourth-order valence-electron chi connectivity index (χ4n) is 10.5. The van der Waals surface area contributed by atoms with Crippen molar-refractivity contribution < 1.29 is 8.83 Å². The maximum Gasteiger partial charge on any atom is 0.136 e. The summed E-state index contributed by atoms with van der Waals surface area (Å²) < 4.78 is 13.6. The Morgan fingerprint density at radius 1 is 0.292 bits per heavy atom. The van der Waals surface area contributed by atoms with Crippen molar-refractivity contribution in [1.82, 2.24) is 0 Å². The highest BCUT2D eigenvalue weighted by Crippen LogP contribution is 2.46. The van der Waals surface area contributed by atoms with Crippen LogP contribution in [0.25, 0.3) is 65.4 Å². The van der Waals surface area contributed by atoms with Gasteiger partial charge >= 0.3 is 0 Å². The average Bonchev–Trinajstić information content (AvgIpc) is 3.84. The molecule has 0 unspecified atom stereocenters. The summed E-state index contributed by atoms with van der Waals surface area (Å²) >= 11 is 0. The molecule has 0 saturated carbocycles. The third kappa shape index (κ3) is 8.39. The lowest BCUT2D eigenvalue weighted by Crippen LogP contribution is -2.17. The van der Waals surface area contributed by atoms with Crippen molar-refractivity contribution in [2.24, 2.45) is 0 Å². The summed E-state index contributed by atoms with van der Waals surface area (Å²) in [5.41, 5.74) is 18.0. The highest BCUT2D eigenvalue weighted by Gasteiger charge is 2.25. The molecule has 0 fully saturated rings. The third-order valence-electron chi connectivity index (χ3n) is 15.0. The van der Waals surface area contributed by atoms with Gasteiger partial charge in [0.15, 0.2) is 0 Å². The zero-order chi connectivity index (χ0) is 50.8. The first kappa shape index (κ1) is 47.0. The molecule has 0 saturated heterocycles. The molecule has 9 aromatic carbocycles. The number of aryl methyl sites for hydroxylation is 2. The molecular formula is C68H68N2O2. The third-order valence-corrected chi connectivity index (χ3v) is 15.0. The smallest absolute Gasteiger partial charge is 0.136 e. The largest absolute Gasteiger partial charge is 0.456 e. The van der Waals surface area contributed by atoms with Gasteiger partial charge in [-0.1, -0.05) is 144 Å². The van der Waals surface area contributed by atoms with Gasteiger partial charge in [-0.3, -0.25) is 0 Å². The van der Waals surface area contributed by atoms with E-state index in [0.717, 1.165) is 88.2 Å². The second-order valence-corrected chi connectivity index (χ2v) is 24.6. The van der Waals surface area contributed by atoms with E-state index < -0.39 is 0 Å². The Morgan fingerprint density at radius 3 is 1.00 bits per heavy atom. The van der Waals surface area contributed by atoms with E-state index in [4.69, 9.17) is 8.83 Å². The van der Waals surface area contributed by atoms with Crippen molar-refractivity contribution in [3.05, 3.63) is 191 Å². The summed E-state index contributed by atoms with van der Waals surface area (Å²) in [6.45, 7) is 31.8. The molecule has 0 bridgehead atoms. The van der Waals surface area contributed by atoms with Gasteiger partial charge in [0.2, 0.25) is 0 Å². The van der Waals surface area contributed by atoms with Gasteiger partial charge in [0, 0.05) is 55.7 Å². The van der Waals surface area contributed by atoms with Crippen LogP contribution in [0.5, 0.6) is 0 Å². The number of hydrogen-bond acceptors (Lipinski definition) is 4. The lowest BCUT2D eigenvalue weighted by molar-refractivity contribution is 0.589. The summed E-state index contributed by atoms with van der Waals surface area (Å²) in [7, 11) is 0. The number of anilines is 6. The van der Waals surface area contributed by atoms with E-state index in [1.54, 1.807) is 0 Å². The number of benzene rings is 9. The summed E-state index contributed by atoms with van der Waals surface area (Å²) in [6, 6.07) is 58.9. The number of furan rings is 2. The molecule has 0 atom stereocenters. The summed E-state index contributed by atoms with van der Waals surface area (Å²) in [4.78, 5) is 4.86. The molecule has 0 amide bonds. The van der Waals surface area contributed by atoms with E-state index >= 15 is 0 Å². The van der Waals surface area contributed by atoms with Gasteiger partial charge in [0.05, 0.1) is 0 Å². The summed E-state index contributed by atoms with van der Waals surface area (Å²) in [6.07, 6.45) is 0. The molecule has 11 aromatic rings. The highest BCUT2D eigenvalue weighted by molar-refractivity contribution is 6.18. The first-order chi connectivity index (χ1) is 34.0. The lowest BCUT2D eigenvalue weighted by atomic mass is 9.85. The fourth-order valence-corrected chi connectivity index (χ4v) is 10.5. The van der Waals surface area contributed by atoms with Crippen molar-refractivity contribution in [2.75, 3.05) is 9.80 Å². The van der Waals surface area contributed by atoms with E-state index in [0.29, 0.717) is 0 Å². The molecule has 0 spiro atoms. The van der Waals surface area contributed by atoms with Crippen LogP contribution in [0.1, 0.15) is 116 Å². The Hall–Kier alpha value is -7.30. The highest BCUT2D eigenvalue weighted by atomic mass is 16.3. The molecule has 0 aliphatic rings. The predicted octanol–water partition coefficient (Wildman–Crippen LogP) is 20.5. The van der Waals surface area contributed by atoms with E-state index in [9.17, 15) is 0 Å². The standard InChI is InChI=1S/C68H68N2O2/c1-41-21-25-49(67(9,10)11)37-59(41)69(51-19-15-17-47(35-51)65(3,4)5)53-27-23-43-31-55-57-39-64-58(40-63(57)71-61(55)33-45(43)29-53)56-32-44-24-28-54(30-46(44)34-62(56)72-64)70(52-20-16-18-48(36-52)66(6,7)8)60-38-50(68(12,13)14)26-22-42(60)2/h15-40H,1-14H3. The van der Waals surface area contributed by atoms with Crippen LogP contribution in [0.2, 0.25) is 0 Å². The Kier molecular flexibility index (Phi) is 10.9. The van der Waals surface area contributed by atoms with Gasteiger partial charge in [-0.25, -0.2) is 0 Å². The topological polar surface area (TPSA) is 32.8 Å². The van der Waals surface area contributed by atoms with Gasteiger partial charge in [0.25, 0.3) is 0 Å². The van der Waals surface area contributed by atoms with Crippen molar-refractivity contribution >= 4 is 99.5 Å². The minimum Gasteiger partial charge on any atom is -0.456 e. The molecule has 0 radical (unpaired) electrons. The molecule has 2 aromatic heterocycles. The van der Waals surface area contributed by atoms with Gasteiger partial charge < -0.3 is 18.6 Å². The fraction of sp³-hybridized carbons (Fsp3) is 0.265. The molecule has 362 valence electrons. The molecule has 11 rings (SSSR count). The molecule has 0 aliphatic carbocycles. The van der Waals surface area contributed by atoms with Crippen LogP contribution >= 0.6 is 0 Å². The SMILES string of the molecule is Cc1ccc(C(C)(C)C)cc1N(c1cccc(C(C)(C)C)c1)c1ccc2cc3c(cc2c1)oc1cc2c(cc13)oc1cc3cc(N(c4cccc(C(C)(C)C)c4)c4cc(C(C)(C)C)ccc4C)ccc3cc12. The van der Waals surface area contributed by atoms with Crippen molar-refractivity contribution in [1.29, 1.82) is 0 Å². The molecule has 2 heterocycles. The zero-order valence-electron chi connectivity index (χ0n) is 44.7. The van der Waals surface area contributed by atoms with Crippen molar-refractivity contribution in [3.8, 4) is 0 Å². The Morgan fingerprint density at radius 2 is 0.625 bits per heavy atom. The number of fused-ring (bicyclic) bond motifs is 8. The quantitative estimate of drug-likeness (QED) is 0.166. The van der Waals surface area contributed by atoms with E-state index in [2.05, 4.69) is 264 Å². The molecule has 72 heavy (non-hydrogen) atoms. The van der Waals surface area contributed by atoms with Crippen LogP contribution in [0.3, 0.4) is 0 Å². The second kappa shape index (κ2) is 16.6. The predicted molar refractivity (Wildman–Crippen MR) is 310 cm³/mol. The zero-order valence-corrected chi connectivity index (χ0v) is 44.7. The summed E-state index contributed by atoms with van der Waals surface area (Å²) in [5, 5.41) is 8.81. The van der Waals surface area contributed by atoms with E-state index in [-0.39, 0.29) is 21.7 Å². The molecule has 4 heteroatoms. The molecule has 4 nitrogen and oxygen atoms in total. The Labute approximate surface area is 425 Å². The van der Waals surface area contributed by atoms with Gasteiger partial charge in [0.1, 0.15) is 22.3 Å². The minimum atomic E-state index is 0.00452. The first-order valence-corrected chi connectivity index (χ1v) is 25.7. The van der Waals surface area contributed by atoms with Gasteiger partial charge in [-0.15, -0.1) is 0 Å². The Bertz CT molecular complexity index is 3690. The van der Waals surface area contributed by atoms with Crippen LogP contribution in [0, 0.1) is 13.8 Å². The van der Waals surface area contributed by atoms with Crippen LogP contribution in [0.15, 0.2) is 167 Å². The second-order valence-electron chi connectivity index (χ2n) is 24.6. The summed E-state index contributed by atoms with van der Waals surface area (Å²) in [5.74, 6) is 0. The first-order valence-electron chi connectivity index (χ1n) is 25.7. The van der Waals surface area contributed by atoms with Gasteiger partial charge in [-0.05, 0) is 187 Å². The van der Waals surface area contributed by atoms with Crippen LogP contribution in [0.4, 0.5) is 34.1 Å². The maximum atomic E-state index is 6.80. The van der Waals surface area contributed by atoms with Crippen LogP contribution in [-0.4, -0.2) is 0 Å². The number of hydrogen-bond donors (Lipinski definition) is 0. The normalized spacial score (nSPS) is 12.9. The monoisotopic (exact) mass is 945 g/mol. The Balaban J connectivity index is 1.01. The lowest BCUT2D eigenvalue weighted by Gasteiger charge is -2.31. The number of rotatable bonds is 6. The molecular weight excluding hydrogens is 877 g/mol. The molecule has 0 N–H and O–H groups in total.